The third-order valence-electron chi connectivity index (χ3n) is 3.44. The second-order valence-corrected chi connectivity index (χ2v) is 7.03. The van der Waals surface area contributed by atoms with Gasteiger partial charge in [-0.2, -0.15) is 0 Å². The number of anilines is 1. The molecule has 1 N–H and O–H groups in total. The Labute approximate surface area is 159 Å². The summed E-state index contributed by atoms with van der Waals surface area (Å²) in [7, 11) is 0. The van der Waals surface area contributed by atoms with Crippen molar-refractivity contribution in [1.82, 2.24) is 4.98 Å². The number of alkyl halides is 1. The molecule has 2 aromatic rings. The van der Waals surface area contributed by atoms with E-state index < -0.39 is 5.97 Å². The van der Waals surface area contributed by atoms with Crippen molar-refractivity contribution >= 4 is 44.8 Å². The second-order valence-electron chi connectivity index (χ2n) is 5.38. The lowest BCUT2D eigenvalue weighted by Crippen LogP contribution is -2.10. The third kappa shape index (κ3) is 6.25. The summed E-state index contributed by atoms with van der Waals surface area (Å²) < 4.78 is 4.94. The van der Waals surface area contributed by atoms with Crippen LogP contribution in [0.15, 0.2) is 29.6 Å². The fourth-order valence-electron chi connectivity index (χ4n) is 2.18. The lowest BCUT2D eigenvalue weighted by atomic mass is 10.2. The van der Waals surface area contributed by atoms with Crippen LogP contribution in [0.3, 0.4) is 0 Å². The molecule has 1 amide bonds. The SMILES string of the molecule is CCOC(=O)c1csc(-c2ccc(NC(=O)CCCCCBr)cc2)n1. The molecule has 1 aromatic carbocycles. The smallest absolute Gasteiger partial charge is 0.357 e. The van der Waals surface area contributed by atoms with Crippen molar-refractivity contribution in [3.8, 4) is 10.6 Å². The largest absolute Gasteiger partial charge is 0.461 e. The first kappa shape index (κ1) is 19.6. The average Bonchev–Trinajstić information content (AvgIpc) is 3.10. The van der Waals surface area contributed by atoms with Crippen LogP contribution in [0.4, 0.5) is 5.69 Å². The van der Waals surface area contributed by atoms with Gasteiger partial charge in [0.2, 0.25) is 5.91 Å². The topological polar surface area (TPSA) is 68.3 Å². The van der Waals surface area contributed by atoms with Crippen molar-refractivity contribution in [2.24, 2.45) is 0 Å². The fraction of sp³-hybridized carbons (Fsp3) is 0.389. The van der Waals surface area contributed by atoms with Gasteiger partial charge in [-0.1, -0.05) is 22.4 Å². The number of carbonyl (C=O) groups excluding carboxylic acids is 2. The number of thiazole rings is 1. The highest BCUT2D eigenvalue weighted by atomic mass is 79.9. The summed E-state index contributed by atoms with van der Waals surface area (Å²) in [5, 5.41) is 6.31. The minimum Gasteiger partial charge on any atom is -0.461 e. The molecule has 0 spiro atoms. The Morgan fingerprint density at radius 1 is 1.20 bits per heavy atom. The van der Waals surface area contributed by atoms with Gasteiger partial charge in [0, 0.05) is 28.4 Å². The van der Waals surface area contributed by atoms with Crippen LogP contribution >= 0.6 is 27.3 Å². The zero-order valence-electron chi connectivity index (χ0n) is 14.1. The number of unbranched alkanes of at least 4 members (excludes halogenated alkanes) is 2. The van der Waals surface area contributed by atoms with Crippen LogP contribution < -0.4 is 5.32 Å². The van der Waals surface area contributed by atoms with E-state index in [2.05, 4.69) is 26.2 Å². The van der Waals surface area contributed by atoms with Crippen LogP contribution in [0.1, 0.15) is 43.1 Å². The molecular formula is C18H21BrN2O3S. The molecule has 0 fully saturated rings. The van der Waals surface area contributed by atoms with Gasteiger partial charge in [0.1, 0.15) is 5.01 Å². The lowest BCUT2D eigenvalue weighted by Gasteiger charge is -2.05. The predicted octanol–water partition coefficient (Wildman–Crippen LogP) is 4.88. The molecule has 25 heavy (non-hydrogen) atoms. The number of esters is 1. The van der Waals surface area contributed by atoms with Crippen molar-refractivity contribution in [2.45, 2.75) is 32.6 Å². The van der Waals surface area contributed by atoms with Crippen molar-refractivity contribution in [2.75, 3.05) is 17.3 Å². The number of carbonyl (C=O) groups is 2. The number of hydrogen-bond donors (Lipinski definition) is 1. The summed E-state index contributed by atoms with van der Waals surface area (Å²) in [6.45, 7) is 2.09. The Morgan fingerprint density at radius 3 is 2.64 bits per heavy atom. The summed E-state index contributed by atoms with van der Waals surface area (Å²) in [6.07, 6.45) is 3.56. The van der Waals surface area contributed by atoms with Crippen molar-refractivity contribution in [1.29, 1.82) is 0 Å². The molecule has 7 heteroatoms. The van der Waals surface area contributed by atoms with E-state index in [9.17, 15) is 9.59 Å². The highest BCUT2D eigenvalue weighted by molar-refractivity contribution is 9.09. The summed E-state index contributed by atoms with van der Waals surface area (Å²) in [5.74, 6) is -0.380. The van der Waals surface area contributed by atoms with Gasteiger partial charge in [-0.15, -0.1) is 11.3 Å². The number of hydrogen-bond acceptors (Lipinski definition) is 5. The van der Waals surface area contributed by atoms with Gasteiger partial charge < -0.3 is 10.1 Å². The first-order chi connectivity index (χ1) is 12.1. The van der Waals surface area contributed by atoms with E-state index in [1.54, 1.807) is 12.3 Å². The molecule has 0 aliphatic heterocycles. The Kier molecular flexibility index (Phi) is 8.08. The zero-order chi connectivity index (χ0) is 18.1. The molecule has 0 aliphatic carbocycles. The van der Waals surface area contributed by atoms with Gasteiger partial charge in [0.25, 0.3) is 0 Å². The lowest BCUT2D eigenvalue weighted by molar-refractivity contribution is -0.116. The highest BCUT2D eigenvalue weighted by Crippen LogP contribution is 2.25. The van der Waals surface area contributed by atoms with Crippen LogP contribution in [0.25, 0.3) is 10.6 Å². The number of ether oxygens (including phenoxy) is 1. The first-order valence-electron chi connectivity index (χ1n) is 8.23. The molecule has 0 unspecified atom stereocenters. The van der Waals surface area contributed by atoms with Gasteiger partial charge in [-0.3, -0.25) is 4.79 Å². The van der Waals surface area contributed by atoms with Crippen LogP contribution in [0.5, 0.6) is 0 Å². The average molecular weight is 425 g/mol. The number of nitrogens with one attached hydrogen (secondary N) is 1. The Hall–Kier alpha value is -1.73. The number of aromatic nitrogens is 1. The fourth-order valence-corrected chi connectivity index (χ4v) is 3.37. The summed E-state index contributed by atoms with van der Waals surface area (Å²) in [4.78, 5) is 27.9. The quantitative estimate of drug-likeness (QED) is 0.353. The van der Waals surface area contributed by atoms with E-state index in [1.165, 1.54) is 11.3 Å². The Morgan fingerprint density at radius 2 is 1.96 bits per heavy atom. The van der Waals surface area contributed by atoms with Crippen LogP contribution in [-0.4, -0.2) is 28.8 Å². The second kappa shape index (κ2) is 10.3. The minimum atomic E-state index is -0.409. The molecule has 1 heterocycles. The number of benzene rings is 1. The number of rotatable bonds is 9. The summed E-state index contributed by atoms with van der Waals surface area (Å²) in [5.41, 5.74) is 1.98. The van der Waals surface area contributed by atoms with E-state index in [-0.39, 0.29) is 5.91 Å². The van der Waals surface area contributed by atoms with E-state index in [1.807, 2.05) is 24.3 Å². The monoisotopic (exact) mass is 424 g/mol. The van der Waals surface area contributed by atoms with E-state index >= 15 is 0 Å². The summed E-state index contributed by atoms with van der Waals surface area (Å²) >= 11 is 4.77. The Balaban J connectivity index is 1.91. The van der Waals surface area contributed by atoms with Crippen molar-refractivity contribution in [3.05, 3.63) is 35.3 Å². The third-order valence-corrected chi connectivity index (χ3v) is 4.89. The maximum Gasteiger partial charge on any atom is 0.357 e. The van der Waals surface area contributed by atoms with Gasteiger partial charge in [0.05, 0.1) is 6.61 Å². The van der Waals surface area contributed by atoms with Crippen LogP contribution in [-0.2, 0) is 9.53 Å². The summed E-state index contributed by atoms with van der Waals surface area (Å²) in [6, 6.07) is 7.46. The zero-order valence-corrected chi connectivity index (χ0v) is 16.5. The molecule has 0 saturated carbocycles. The standard InChI is InChI=1S/C18H21BrN2O3S/c1-2-24-18(23)15-12-25-17(21-15)13-7-9-14(10-8-13)20-16(22)6-4-3-5-11-19/h7-10,12H,2-6,11H2,1H3,(H,20,22). The normalized spacial score (nSPS) is 10.5. The van der Waals surface area contributed by atoms with Crippen LogP contribution in [0.2, 0.25) is 0 Å². The van der Waals surface area contributed by atoms with E-state index in [0.29, 0.717) is 18.7 Å². The predicted molar refractivity (Wildman–Crippen MR) is 104 cm³/mol. The van der Waals surface area contributed by atoms with Gasteiger partial charge in [-0.05, 0) is 44.0 Å². The van der Waals surface area contributed by atoms with Gasteiger partial charge in [-0.25, -0.2) is 9.78 Å². The molecule has 0 radical (unpaired) electrons. The number of halogens is 1. The van der Waals surface area contributed by atoms with Gasteiger partial charge >= 0.3 is 5.97 Å². The molecule has 134 valence electrons. The molecule has 0 atom stereocenters. The molecule has 0 aliphatic rings. The highest BCUT2D eigenvalue weighted by Gasteiger charge is 2.12. The van der Waals surface area contributed by atoms with Crippen molar-refractivity contribution in [3.63, 3.8) is 0 Å². The first-order valence-corrected chi connectivity index (χ1v) is 10.2. The Bertz CT molecular complexity index is 701. The van der Waals surface area contributed by atoms with E-state index in [0.717, 1.165) is 40.9 Å². The molecule has 2 rings (SSSR count). The number of nitrogens with zero attached hydrogens (tertiary/aromatic N) is 1. The van der Waals surface area contributed by atoms with Gasteiger partial charge in [0.15, 0.2) is 5.69 Å². The molecule has 5 nitrogen and oxygen atoms in total. The van der Waals surface area contributed by atoms with E-state index in [4.69, 9.17) is 4.74 Å². The maximum absolute atomic E-state index is 11.9. The molecule has 1 aromatic heterocycles. The molecular weight excluding hydrogens is 404 g/mol. The number of amides is 1. The maximum atomic E-state index is 11.9. The minimum absolute atomic E-state index is 0.0289. The molecule has 0 saturated heterocycles. The molecule has 0 bridgehead atoms. The van der Waals surface area contributed by atoms with Crippen molar-refractivity contribution < 1.29 is 14.3 Å². The van der Waals surface area contributed by atoms with Crippen LogP contribution in [0, 0.1) is 0 Å².